The second-order valence-corrected chi connectivity index (χ2v) is 5.06. The Bertz CT molecular complexity index is 515. The summed E-state index contributed by atoms with van der Waals surface area (Å²) in [6.07, 6.45) is 2.72. The summed E-state index contributed by atoms with van der Waals surface area (Å²) in [5.74, 6) is -1.09. The molecule has 20 heavy (non-hydrogen) atoms. The highest BCUT2D eigenvalue weighted by molar-refractivity contribution is 5.83. The number of hydrogen-bond acceptors (Lipinski definition) is 4. The molecular formula is C12H18N4O4. The summed E-state index contributed by atoms with van der Waals surface area (Å²) in [6, 6.07) is -1.37. The van der Waals surface area contributed by atoms with E-state index in [2.05, 4.69) is 5.10 Å². The number of aliphatic hydroxyl groups is 1. The Morgan fingerprint density at radius 1 is 1.55 bits per heavy atom. The molecule has 0 saturated carbocycles. The first-order valence-corrected chi connectivity index (χ1v) is 6.28. The summed E-state index contributed by atoms with van der Waals surface area (Å²) >= 11 is 0. The molecule has 2 rings (SSSR count). The Hall–Kier alpha value is -2.09. The molecule has 110 valence electrons. The van der Waals surface area contributed by atoms with Gasteiger partial charge in [0.2, 0.25) is 0 Å². The van der Waals surface area contributed by atoms with Gasteiger partial charge in [0.05, 0.1) is 18.8 Å². The molecule has 1 fully saturated rings. The number of hydrogen-bond donors (Lipinski definition) is 2. The minimum absolute atomic E-state index is 0.0488. The topological polar surface area (TPSA) is 98.9 Å². The van der Waals surface area contributed by atoms with E-state index >= 15 is 0 Å². The molecule has 0 aromatic carbocycles. The van der Waals surface area contributed by atoms with Gasteiger partial charge in [-0.2, -0.15) is 5.10 Å². The van der Waals surface area contributed by atoms with Crippen LogP contribution in [-0.2, 0) is 18.4 Å². The molecule has 0 radical (unpaired) electrons. The van der Waals surface area contributed by atoms with Crippen molar-refractivity contribution in [3.8, 4) is 0 Å². The van der Waals surface area contributed by atoms with Crippen LogP contribution in [0.25, 0.3) is 0 Å². The number of carbonyl (C=O) groups excluding carboxylic acids is 1. The molecule has 1 saturated heterocycles. The van der Waals surface area contributed by atoms with Gasteiger partial charge in [0.25, 0.3) is 0 Å². The van der Waals surface area contributed by atoms with Gasteiger partial charge in [0.15, 0.2) is 0 Å². The fourth-order valence-electron chi connectivity index (χ4n) is 2.37. The van der Waals surface area contributed by atoms with Crippen LogP contribution in [0, 0.1) is 0 Å². The van der Waals surface area contributed by atoms with Gasteiger partial charge in [-0.3, -0.25) is 4.68 Å². The zero-order valence-corrected chi connectivity index (χ0v) is 11.4. The van der Waals surface area contributed by atoms with E-state index < -0.39 is 24.1 Å². The van der Waals surface area contributed by atoms with Crippen molar-refractivity contribution in [1.29, 1.82) is 0 Å². The van der Waals surface area contributed by atoms with E-state index in [9.17, 15) is 14.7 Å². The number of carboxylic acids is 1. The number of likely N-dealkylation sites (tertiary alicyclic amines) is 1. The van der Waals surface area contributed by atoms with E-state index in [1.165, 1.54) is 9.80 Å². The number of urea groups is 1. The van der Waals surface area contributed by atoms with Crippen molar-refractivity contribution in [3.63, 3.8) is 0 Å². The van der Waals surface area contributed by atoms with Crippen LogP contribution in [0.5, 0.6) is 0 Å². The van der Waals surface area contributed by atoms with Crippen LogP contribution in [0.2, 0.25) is 0 Å². The molecule has 1 aliphatic rings. The fourth-order valence-corrected chi connectivity index (χ4v) is 2.37. The molecular weight excluding hydrogens is 264 g/mol. The maximum atomic E-state index is 12.3. The lowest BCUT2D eigenvalue weighted by Gasteiger charge is -2.27. The van der Waals surface area contributed by atoms with Gasteiger partial charge >= 0.3 is 12.0 Å². The molecule has 1 aromatic rings. The number of amides is 2. The van der Waals surface area contributed by atoms with Gasteiger partial charge in [-0.15, -0.1) is 0 Å². The first kappa shape index (κ1) is 14.3. The van der Waals surface area contributed by atoms with Crippen molar-refractivity contribution in [2.24, 2.45) is 7.05 Å². The average molecular weight is 282 g/mol. The summed E-state index contributed by atoms with van der Waals surface area (Å²) in [6.45, 7) is 0.388. The zero-order chi connectivity index (χ0) is 14.9. The molecule has 0 aliphatic carbocycles. The lowest BCUT2D eigenvalue weighted by molar-refractivity contribution is -0.141. The SMILES string of the molecule is CN(Cc1cnn(C)c1)C(=O)N1CC(O)C[C@H]1C(=O)O. The van der Waals surface area contributed by atoms with Gasteiger partial charge in [0.1, 0.15) is 6.04 Å². The van der Waals surface area contributed by atoms with Gasteiger partial charge in [0, 0.05) is 38.8 Å². The maximum Gasteiger partial charge on any atom is 0.326 e. The predicted octanol–water partition coefficient (Wildman–Crippen LogP) is -0.508. The monoisotopic (exact) mass is 282 g/mol. The summed E-state index contributed by atoms with van der Waals surface area (Å²) in [5.41, 5.74) is 0.856. The molecule has 2 N–H and O–H groups in total. The zero-order valence-electron chi connectivity index (χ0n) is 11.4. The van der Waals surface area contributed by atoms with Crippen molar-refractivity contribution in [2.75, 3.05) is 13.6 Å². The van der Waals surface area contributed by atoms with Crippen LogP contribution in [0.3, 0.4) is 0 Å². The number of nitrogens with zero attached hydrogens (tertiary/aromatic N) is 4. The number of aliphatic carboxylic acids is 1. The molecule has 2 amide bonds. The smallest absolute Gasteiger partial charge is 0.326 e. The van der Waals surface area contributed by atoms with Crippen LogP contribution in [0.1, 0.15) is 12.0 Å². The van der Waals surface area contributed by atoms with E-state index in [-0.39, 0.29) is 13.0 Å². The van der Waals surface area contributed by atoms with Gasteiger partial charge in [-0.1, -0.05) is 0 Å². The summed E-state index contributed by atoms with van der Waals surface area (Å²) in [5, 5.41) is 22.7. The van der Waals surface area contributed by atoms with Crippen LogP contribution in [-0.4, -0.2) is 67.5 Å². The number of carbonyl (C=O) groups is 2. The molecule has 2 heterocycles. The fraction of sp³-hybridized carbons (Fsp3) is 0.583. The Balaban J connectivity index is 2.04. The van der Waals surface area contributed by atoms with E-state index in [4.69, 9.17) is 5.11 Å². The minimum Gasteiger partial charge on any atom is -0.480 e. The lowest BCUT2D eigenvalue weighted by Crippen LogP contribution is -2.46. The van der Waals surface area contributed by atoms with Crippen molar-refractivity contribution in [1.82, 2.24) is 19.6 Å². The second kappa shape index (κ2) is 5.49. The Labute approximate surface area is 116 Å². The molecule has 0 bridgehead atoms. The molecule has 1 unspecified atom stereocenters. The molecule has 8 heteroatoms. The highest BCUT2D eigenvalue weighted by Gasteiger charge is 2.40. The third-order valence-electron chi connectivity index (χ3n) is 3.31. The molecule has 2 atom stereocenters. The quantitative estimate of drug-likeness (QED) is 0.778. The molecule has 1 aromatic heterocycles. The Kier molecular flexibility index (Phi) is 3.93. The first-order chi connectivity index (χ1) is 9.38. The van der Waals surface area contributed by atoms with Gasteiger partial charge in [-0.05, 0) is 0 Å². The number of aryl methyl sites for hydroxylation is 1. The normalized spacial score (nSPS) is 22.1. The van der Waals surface area contributed by atoms with Crippen molar-refractivity contribution < 1.29 is 19.8 Å². The predicted molar refractivity (Wildman–Crippen MR) is 68.8 cm³/mol. The largest absolute Gasteiger partial charge is 0.480 e. The van der Waals surface area contributed by atoms with E-state index in [1.807, 2.05) is 0 Å². The average Bonchev–Trinajstić information content (AvgIpc) is 2.94. The summed E-state index contributed by atoms with van der Waals surface area (Å²) < 4.78 is 1.63. The van der Waals surface area contributed by atoms with E-state index in [1.54, 1.807) is 31.2 Å². The Morgan fingerprint density at radius 2 is 2.25 bits per heavy atom. The van der Waals surface area contributed by atoms with E-state index in [0.717, 1.165) is 5.56 Å². The van der Waals surface area contributed by atoms with Crippen molar-refractivity contribution in [2.45, 2.75) is 25.1 Å². The van der Waals surface area contributed by atoms with E-state index in [0.29, 0.717) is 6.54 Å². The maximum absolute atomic E-state index is 12.3. The number of aliphatic hydroxyl groups excluding tert-OH is 1. The summed E-state index contributed by atoms with van der Waals surface area (Å²) in [4.78, 5) is 26.0. The molecule has 0 spiro atoms. The van der Waals surface area contributed by atoms with Crippen molar-refractivity contribution in [3.05, 3.63) is 18.0 Å². The van der Waals surface area contributed by atoms with Gasteiger partial charge in [-0.25, -0.2) is 9.59 Å². The standard InChI is InChI=1S/C12H18N4O4/c1-14(5-8-4-13-15(2)6-8)12(20)16-7-9(17)3-10(16)11(18)19/h4,6,9-10,17H,3,5,7H2,1-2H3,(H,18,19)/t9?,10-/m0/s1. The van der Waals surface area contributed by atoms with Crippen LogP contribution in [0.15, 0.2) is 12.4 Å². The number of rotatable bonds is 3. The third kappa shape index (κ3) is 2.90. The lowest BCUT2D eigenvalue weighted by atomic mass is 10.2. The van der Waals surface area contributed by atoms with Crippen molar-refractivity contribution >= 4 is 12.0 Å². The van der Waals surface area contributed by atoms with Crippen LogP contribution < -0.4 is 0 Å². The van der Waals surface area contributed by atoms with Crippen LogP contribution in [0.4, 0.5) is 4.79 Å². The number of β-amino-alcohol motifs (C(OH)–C–C–N with tert-alkyl or cyclic N) is 1. The highest BCUT2D eigenvalue weighted by Crippen LogP contribution is 2.20. The first-order valence-electron chi connectivity index (χ1n) is 6.28. The molecule has 1 aliphatic heterocycles. The van der Waals surface area contributed by atoms with Crippen LogP contribution >= 0.6 is 0 Å². The number of carboxylic acid groups (broad SMARTS) is 1. The van der Waals surface area contributed by atoms with Gasteiger partial charge < -0.3 is 20.0 Å². The second-order valence-electron chi connectivity index (χ2n) is 5.06. The Morgan fingerprint density at radius 3 is 2.80 bits per heavy atom. The number of aromatic nitrogens is 2. The molecule has 8 nitrogen and oxygen atoms in total. The third-order valence-corrected chi connectivity index (χ3v) is 3.31. The summed E-state index contributed by atoms with van der Waals surface area (Å²) in [7, 11) is 3.38. The minimum atomic E-state index is -1.09. The highest BCUT2D eigenvalue weighted by atomic mass is 16.4.